The van der Waals surface area contributed by atoms with Crippen LogP contribution in [-0.4, -0.2) is 10.9 Å². The van der Waals surface area contributed by atoms with Crippen LogP contribution in [-0.2, 0) is 12.8 Å². The van der Waals surface area contributed by atoms with Gasteiger partial charge in [0.2, 0.25) is 0 Å². The van der Waals surface area contributed by atoms with Crippen molar-refractivity contribution < 1.29 is 4.79 Å². The van der Waals surface area contributed by atoms with Crippen molar-refractivity contribution in [3.05, 3.63) is 64.7 Å². The zero-order valence-electron chi connectivity index (χ0n) is 18.2. The Morgan fingerprint density at radius 2 is 1.90 bits per heavy atom. The number of aromatic nitrogens is 1. The molecule has 0 radical (unpaired) electrons. The van der Waals surface area contributed by atoms with Gasteiger partial charge in [-0.3, -0.25) is 4.79 Å². The topological polar surface area (TPSA) is 68.0 Å². The van der Waals surface area contributed by atoms with Crippen LogP contribution in [0.5, 0.6) is 0 Å². The first-order chi connectivity index (χ1) is 14.8. The monoisotopic (exact) mass is 429 g/mol. The van der Waals surface area contributed by atoms with E-state index in [9.17, 15) is 4.79 Å². The average molecular weight is 430 g/mol. The first kappa shape index (κ1) is 20.0. The number of nitrogens with one attached hydrogen (secondary N) is 1. The molecule has 5 rings (SSSR count). The van der Waals surface area contributed by atoms with Crippen LogP contribution < -0.4 is 11.1 Å². The standard InChI is InChI=1S/C26H27N3OS/c1-26(2,3)18-9-11-21-17(12-18)14-20-22(27)23(31-25(20)29-21)24(30)28-19-10-8-15-6-4-5-7-16(15)13-19/h4-8,10,13-14,18H,9,11-12,27H2,1-3H3,(H,28,30). The summed E-state index contributed by atoms with van der Waals surface area (Å²) >= 11 is 1.39. The second kappa shape index (κ2) is 7.34. The Bertz CT molecular complexity index is 1320. The number of fused-ring (bicyclic) bond motifs is 3. The predicted molar refractivity (Wildman–Crippen MR) is 131 cm³/mol. The van der Waals surface area contributed by atoms with Crippen LogP contribution in [0.2, 0.25) is 0 Å². The van der Waals surface area contributed by atoms with E-state index in [4.69, 9.17) is 10.7 Å². The summed E-state index contributed by atoms with van der Waals surface area (Å²) in [5.41, 5.74) is 10.5. The molecular weight excluding hydrogens is 402 g/mol. The molecule has 2 heterocycles. The van der Waals surface area contributed by atoms with Gasteiger partial charge in [0.1, 0.15) is 9.71 Å². The summed E-state index contributed by atoms with van der Waals surface area (Å²) in [5, 5.41) is 6.15. The van der Waals surface area contributed by atoms with Crippen molar-refractivity contribution in [3.63, 3.8) is 0 Å². The van der Waals surface area contributed by atoms with Crippen LogP contribution in [0, 0.1) is 11.3 Å². The van der Waals surface area contributed by atoms with Gasteiger partial charge < -0.3 is 11.1 Å². The summed E-state index contributed by atoms with van der Waals surface area (Å²) in [6, 6.07) is 16.2. The minimum absolute atomic E-state index is 0.179. The molecule has 4 nitrogen and oxygen atoms in total. The van der Waals surface area contributed by atoms with Gasteiger partial charge in [-0.25, -0.2) is 4.98 Å². The number of benzene rings is 2. The van der Waals surface area contributed by atoms with E-state index < -0.39 is 0 Å². The van der Waals surface area contributed by atoms with Gasteiger partial charge in [-0.15, -0.1) is 11.3 Å². The van der Waals surface area contributed by atoms with Crippen molar-refractivity contribution >= 4 is 49.6 Å². The first-order valence-corrected chi connectivity index (χ1v) is 11.6. The van der Waals surface area contributed by atoms with Gasteiger partial charge in [0.25, 0.3) is 5.91 Å². The normalized spacial score (nSPS) is 16.4. The maximum Gasteiger partial charge on any atom is 0.267 e. The van der Waals surface area contributed by atoms with E-state index in [-0.39, 0.29) is 11.3 Å². The zero-order valence-corrected chi connectivity index (χ0v) is 19.0. The van der Waals surface area contributed by atoms with Crippen LogP contribution in [0.3, 0.4) is 0 Å². The Morgan fingerprint density at radius 3 is 2.68 bits per heavy atom. The summed E-state index contributed by atoms with van der Waals surface area (Å²) < 4.78 is 0. The summed E-state index contributed by atoms with van der Waals surface area (Å²) in [5.74, 6) is 0.455. The highest BCUT2D eigenvalue weighted by atomic mass is 32.1. The predicted octanol–water partition coefficient (Wildman–Crippen LogP) is 6.44. The Morgan fingerprint density at radius 1 is 1.13 bits per heavy atom. The van der Waals surface area contributed by atoms with Crippen LogP contribution in [0.15, 0.2) is 48.5 Å². The zero-order chi connectivity index (χ0) is 21.8. The fourth-order valence-corrected chi connectivity index (χ4v) is 5.54. The second-order valence-electron chi connectivity index (χ2n) is 9.61. The number of carbonyl (C=O) groups excluding carboxylic acids is 1. The number of amides is 1. The molecule has 158 valence electrons. The number of aryl methyl sites for hydroxylation is 1. The molecule has 31 heavy (non-hydrogen) atoms. The quantitative estimate of drug-likeness (QED) is 0.385. The third-order valence-corrected chi connectivity index (χ3v) is 7.64. The molecule has 0 spiro atoms. The highest BCUT2D eigenvalue weighted by Crippen LogP contribution is 2.40. The van der Waals surface area contributed by atoms with Crippen LogP contribution in [0.1, 0.15) is 48.1 Å². The van der Waals surface area contributed by atoms with E-state index in [1.54, 1.807) is 0 Å². The van der Waals surface area contributed by atoms with Crippen molar-refractivity contribution in [3.8, 4) is 0 Å². The van der Waals surface area contributed by atoms with Crippen LogP contribution in [0.25, 0.3) is 21.0 Å². The van der Waals surface area contributed by atoms with Gasteiger partial charge in [0, 0.05) is 16.8 Å². The number of nitrogens with zero attached hydrogens (tertiary/aromatic N) is 1. The van der Waals surface area contributed by atoms with Gasteiger partial charge in [-0.2, -0.15) is 0 Å². The van der Waals surface area contributed by atoms with Gasteiger partial charge >= 0.3 is 0 Å². The largest absolute Gasteiger partial charge is 0.397 e. The van der Waals surface area contributed by atoms with Crippen molar-refractivity contribution in [2.24, 2.45) is 11.3 Å². The fraction of sp³-hybridized carbons (Fsp3) is 0.308. The molecule has 1 atom stereocenters. The molecular formula is C26H27N3OS. The molecule has 0 aliphatic heterocycles. The molecule has 1 amide bonds. The SMILES string of the molecule is CC(C)(C)C1CCc2nc3sc(C(=O)Nc4ccc5ccccc5c4)c(N)c3cc2C1. The maximum absolute atomic E-state index is 13.0. The highest BCUT2D eigenvalue weighted by molar-refractivity contribution is 7.21. The number of thiophene rings is 1. The van der Waals surface area contributed by atoms with Crippen LogP contribution in [0.4, 0.5) is 11.4 Å². The summed E-state index contributed by atoms with van der Waals surface area (Å²) in [6.07, 6.45) is 3.17. The molecule has 0 saturated carbocycles. The number of nitrogens with two attached hydrogens (primary N) is 1. The molecule has 1 aliphatic carbocycles. The number of rotatable bonds is 2. The van der Waals surface area contributed by atoms with E-state index in [2.05, 4.69) is 38.2 Å². The van der Waals surface area contributed by atoms with Crippen molar-refractivity contribution in [1.82, 2.24) is 4.98 Å². The smallest absolute Gasteiger partial charge is 0.267 e. The van der Waals surface area contributed by atoms with Gasteiger partial charge in [-0.1, -0.05) is 51.1 Å². The van der Waals surface area contributed by atoms with E-state index in [0.29, 0.717) is 16.5 Å². The Hall–Kier alpha value is -2.92. The minimum atomic E-state index is -0.179. The molecule has 5 heteroatoms. The first-order valence-electron chi connectivity index (χ1n) is 10.8. The number of hydrogen-bond donors (Lipinski definition) is 2. The van der Waals surface area contributed by atoms with E-state index in [1.165, 1.54) is 16.9 Å². The lowest BCUT2D eigenvalue weighted by Gasteiger charge is -2.34. The Kier molecular flexibility index (Phi) is 4.74. The molecule has 3 N–H and O–H groups in total. The van der Waals surface area contributed by atoms with E-state index >= 15 is 0 Å². The van der Waals surface area contributed by atoms with E-state index in [0.717, 1.165) is 51.6 Å². The summed E-state index contributed by atoms with van der Waals surface area (Å²) in [4.78, 5) is 19.3. The molecule has 1 unspecified atom stereocenters. The summed E-state index contributed by atoms with van der Waals surface area (Å²) in [7, 11) is 0. The lowest BCUT2D eigenvalue weighted by molar-refractivity contribution is 0.103. The number of pyridine rings is 1. The minimum Gasteiger partial charge on any atom is -0.397 e. The molecule has 4 aromatic rings. The molecule has 2 aromatic heterocycles. The third-order valence-electron chi connectivity index (χ3n) is 6.52. The molecule has 0 saturated heterocycles. The highest BCUT2D eigenvalue weighted by Gasteiger charge is 2.30. The maximum atomic E-state index is 13.0. The van der Waals surface area contributed by atoms with E-state index in [1.807, 2.05) is 36.4 Å². The van der Waals surface area contributed by atoms with Gasteiger partial charge in [0.15, 0.2) is 0 Å². The number of hydrogen-bond acceptors (Lipinski definition) is 4. The lowest BCUT2D eigenvalue weighted by Crippen LogP contribution is -2.27. The second-order valence-corrected chi connectivity index (χ2v) is 10.6. The van der Waals surface area contributed by atoms with Gasteiger partial charge in [-0.05, 0) is 65.1 Å². The van der Waals surface area contributed by atoms with Crippen molar-refractivity contribution in [2.75, 3.05) is 11.1 Å². The van der Waals surface area contributed by atoms with Crippen LogP contribution >= 0.6 is 11.3 Å². The average Bonchev–Trinajstić information content (AvgIpc) is 3.06. The summed E-state index contributed by atoms with van der Waals surface area (Å²) in [6.45, 7) is 6.93. The van der Waals surface area contributed by atoms with Gasteiger partial charge in [0.05, 0.1) is 5.69 Å². The Balaban J connectivity index is 1.46. The fourth-order valence-electron chi connectivity index (χ4n) is 4.55. The number of carbonyl (C=O) groups is 1. The van der Waals surface area contributed by atoms with Crippen molar-refractivity contribution in [1.29, 1.82) is 0 Å². The number of anilines is 2. The molecule has 0 bridgehead atoms. The third kappa shape index (κ3) is 3.68. The molecule has 1 aliphatic rings. The molecule has 2 aromatic carbocycles. The van der Waals surface area contributed by atoms with Crippen molar-refractivity contribution in [2.45, 2.75) is 40.0 Å². The number of nitrogen functional groups attached to an aromatic ring is 1. The molecule has 0 fully saturated rings. The Labute approximate surface area is 186 Å². The lowest BCUT2D eigenvalue weighted by atomic mass is 9.71.